The number of carbonyl (C=O) groups excluding carboxylic acids is 2. The third-order valence-electron chi connectivity index (χ3n) is 7.95. The topological polar surface area (TPSA) is 78.0 Å². The number of amides is 2. The van der Waals surface area contributed by atoms with E-state index in [0.717, 1.165) is 78.7 Å². The Kier molecular flexibility index (Phi) is 11.2. The number of likely N-dealkylation sites (tertiary alicyclic amines) is 2. The van der Waals surface area contributed by atoms with E-state index in [-0.39, 0.29) is 24.1 Å². The predicted molar refractivity (Wildman–Crippen MR) is 185 cm³/mol. The van der Waals surface area contributed by atoms with Crippen molar-refractivity contribution in [3.63, 3.8) is 0 Å². The Morgan fingerprint density at radius 2 is 1.87 bits per heavy atom. The molecule has 242 valence electrons. The average molecular weight is 691 g/mol. The van der Waals surface area contributed by atoms with Crippen LogP contribution < -0.4 is 5.32 Å². The van der Waals surface area contributed by atoms with Crippen molar-refractivity contribution in [1.82, 2.24) is 19.1 Å². The third kappa shape index (κ3) is 9.29. The normalized spacial score (nSPS) is 17.8. The maximum atomic E-state index is 12.7. The summed E-state index contributed by atoms with van der Waals surface area (Å²) in [6.45, 7) is 11.3. The second-order valence-electron chi connectivity index (χ2n) is 12.6. The van der Waals surface area contributed by atoms with Crippen LogP contribution >= 0.6 is 46.5 Å². The van der Waals surface area contributed by atoms with Gasteiger partial charge in [0.15, 0.2) is 4.34 Å². The van der Waals surface area contributed by atoms with Gasteiger partial charge in [-0.1, -0.05) is 41.4 Å². The third-order valence-corrected chi connectivity index (χ3v) is 10.8. The molecule has 0 radical (unpaired) electrons. The minimum absolute atomic E-state index is 0.0400. The number of nitrogens with one attached hydrogen (secondary N) is 1. The number of hydrogen-bond donors (Lipinski definition) is 1. The van der Waals surface area contributed by atoms with E-state index < -0.39 is 5.60 Å². The molecule has 1 N–H and O–H groups in total. The van der Waals surface area contributed by atoms with Gasteiger partial charge in [0.2, 0.25) is 5.91 Å². The smallest absolute Gasteiger partial charge is 0.410 e. The number of benzene rings is 2. The van der Waals surface area contributed by atoms with Crippen molar-refractivity contribution in [2.45, 2.75) is 81.9 Å². The van der Waals surface area contributed by atoms with Gasteiger partial charge in [0, 0.05) is 74.3 Å². The summed E-state index contributed by atoms with van der Waals surface area (Å²) in [5, 5.41) is 6.70. The molecule has 12 heteroatoms. The fraction of sp³-hybridized carbons (Fsp3) is 0.485. The van der Waals surface area contributed by atoms with Crippen LogP contribution in [0, 0.1) is 0 Å². The second-order valence-corrected chi connectivity index (χ2v) is 15.5. The maximum absolute atomic E-state index is 12.7. The zero-order valence-electron chi connectivity index (χ0n) is 26.2. The number of ether oxygens (including phenoxy) is 1. The van der Waals surface area contributed by atoms with Gasteiger partial charge in [-0.25, -0.2) is 9.78 Å². The lowest BCUT2D eigenvalue weighted by Crippen LogP contribution is -2.43. The van der Waals surface area contributed by atoms with Crippen LogP contribution in [0.5, 0.6) is 0 Å². The van der Waals surface area contributed by atoms with Crippen LogP contribution in [-0.4, -0.2) is 75.0 Å². The summed E-state index contributed by atoms with van der Waals surface area (Å²) in [4.78, 5) is 34.5. The molecular weight excluding hydrogens is 649 g/mol. The van der Waals surface area contributed by atoms with E-state index in [1.54, 1.807) is 18.3 Å². The first kappa shape index (κ1) is 33.9. The van der Waals surface area contributed by atoms with E-state index in [4.69, 9.17) is 32.9 Å². The van der Waals surface area contributed by atoms with Gasteiger partial charge in [-0.2, -0.15) is 0 Å². The van der Waals surface area contributed by atoms with Gasteiger partial charge in [-0.3, -0.25) is 14.0 Å². The number of aromatic nitrogens is 1. The van der Waals surface area contributed by atoms with E-state index in [1.807, 2.05) is 71.8 Å². The summed E-state index contributed by atoms with van der Waals surface area (Å²) in [7, 11) is 0. The van der Waals surface area contributed by atoms with Crippen LogP contribution in [0.2, 0.25) is 10.0 Å². The first-order valence-corrected chi connectivity index (χ1v) is 17.8. The molecule has 1 atom stereocenters. The van der Waals surface area contributed by atoms with Crippen molar-refractivity contribution >= 4 is 64.2 Å². The Labute approximate surface area is 284 Å². The number of rotatable bonds is 9. The lowest BCUT2D eigenvalue weighted by molar-refractivity contribution is -0.125. The van der Waals surface area contributed by atoms with Crippen LogP contribution in [0.3, 0.4) is 0 Å². The molecule has 0 bridgehead atoms. The monoisotopic (exact) mass is 689 g/mol. The molecule has 3 aromatic rings. The number of piperidine rings is 1. The van der Waals surface area contributed by atoms with Crippen LogP contribution in [0.4, 0.5) is 10.5 Å². The van der Waals surface area contributed by atoms with Crippen molar-refractivity contribution < 1.29 is 14.3 Å². The SMILES string of the molecule is CC(=O)N(Sc1nc(-c2cccc(NC[C@H]3CCCN3C(=O)OC(C)(C)C)c2)cs1)C1CCN(Cc2ccc(Cl)c(Cl)c2)CC1. The molecule has 2 aliphatic rings. The average Bonchev–Trinajstić information content (AvgIpc) is 3.67. The first-order chi connectivity index (χ1) is 21.4. The van der Waals surface area contributed by atoms with Crippen LogP contribution in [0.1, 0.15) is 58.9 Å². The number of anilines is 1. The summed E-state index contributed by atoms with van der Waals surface area (Å²) in [6, 6.07) is 14.2. The lowest BCUT2D eigenvalue weighted by Gasteiger charge is -2.37. The first-order valence-electron chi connectivity index (χ1n) is 15.4. The van der Waals surface area contributed by atoms with Gasteiger partial charge in [-0.05, 0) is 76.3 Å². The molecule has 45 heavy (non-hydrogen) atoms. The van der Waals surface area contributed by atoms with Crippen molar-refractivity contribution in [1.29, 1.82) is 0 Å². The van der Waals surface area contributed by atoms with Crippen molar-refractivity contribution in [2.24, 2.45) is 0 Å². The Hall–Kier alpha value is -2.50. The van der Waals surface area contributed by atoms with Gasteiger partial charge in [-0.15, -0.1) is 11.3 Å². The molecule has 2 saturated heterocycles. The summed E-state index contributed by atoms with van der Waals surface area (Å²) in [5.41, 5.74) is 3.48. The molecule has 2 aromatic carbocycles. The number of halogens is 2. The molecule has 2 aliphatic heterocycles. The standard InChI is InChI=1S/C33H41Cl2N5O3S2/c1-22(41)40(26-12-15-38(16-13-26)20-23-10-11-28(34)29(35)17-23)45-31-37-30(21-44-31)24-7-5-8-25(18-24)36-19-27-9-6-14-39(27)32(42)43-33(2,3)4/h5,7-8,10-11,17-18,21,26-27,36H,6,9,12-16,19-20H2,1-4H3/t27-/m1/s1. The molecule has 5 rings (SSSR count). The lowest BCUT2D eigenvalue weighted by atomic mass is 10.0. The molecule has 2 amide bonds. The minimum Gasteiger partial charge on any atom is -0.444 e. The molecular formula is C33H41Cl2N5O3S2. The van der Waals surface area contributed by atoms with Gasteiger partial charge in [0.1, 0.15) is 5.60 Å². The van der Waals surface area contributed by atoms with Gasteiger partial charge < -0.3 is 15.0 Å². The van der Waals surface area contributed by atoms with Gasteiger partial charge in [0.05, 0.1) is 21.8 Å². The summed E-state index contributed by atoms with van der Waals surface area (Å²) in [6.07, 6.45) is 3.46. The number of thiazole rings is 1. The van der Waals surface area contributed by atoms with Gasteiger partial charge >= 0.3 is 6.09 Å². The molecule has 8 nitrogen and oxygen atoms in total. The van der Waals surface area contributed by atoms with Crippen LogP contribution in [0.15, 0.2) is 52.2 Å². The molecule has 0 unspecified atom stereocenters. The zero-order chi connectivity index (χ0) is 32.1. The highest BCUT2D eigenvalue weighted by molar-refractivity contribution is 7.99. The zero-order valence-corrected chi connectivity index (χ0v) is 29.4. The van der Waals surface area contributed by atoms with E-state index in [9.17, 15) is 9.59 Å². The maximum Gasteiger partial charge on any atom is 0.410 e. The Bertz CT molecular complexity index is 1490. The van der Waals surface area contributed by atoms with Crippen LogP contribution in [-0.2, 0) is 16.1 Å². The second kappa shape index (κ2) is 14.9. The number of carbonyl (C=O) groups is 2. The highest BCUT2D eigenvalue weighted by atomic mass is 35.5. The predicted octanol–water partition coefficient (Wildman–Crippen LogP) is 8.45. The molecule has 0 spiro atoms. The Balaban J connectivity index is 1.15. The number of nitrogens with zero attached hydrogens (tertiary/aromatic N) is 4. The quantitative estimate of drug-likeness (QED) is 0.226. The Morgan fingerprint density at radius 1 is 1.09 bits per heavy atom. The minimum atomic E-state index is -0.510. The van der Waals surface area contributed by atoms with Crippen molar-refractivity contribution in [2.75, 3.05) is 31.5 Å². The highest BCUT2D eigenvalue weighted by Gasteiger charge is 2.32. The van der Waals surface area contributed by atoms with E-state index >= 15 is 0 Å². The van der Waals surface area contributed by atoms with E-state index in [1.165, 1.54) is 11.9 Å². The fourth-order valence-electron chi connectivity index (χ4n) is 5.75. The molecule has 3 heterocycles. The molecule has 1 aromatic heterocycles. The summed E-state index contributed by atoms with van der Waals surface area (Å²) < 4.78 is 8.35. The van der Waals surface area contributed by atoms with Gasteiger partial charge in [0.25, 0.3) is 0 Å². The molecule has 0 aliphatic carbocycles. The highest BCUT2D eigenvalue weighted by Crippen LogP contribution is 2.35. The summed E-state index contributed by atoms with van der Waals surface area (Å²) >= 11 is 15.3. The van der Waals surface area contributed by atoms with Crippen molar-refractivity contribution in [3.8, 4) is 11.3 Å². The molecule has 0 saturated carbocycles. The summed E-state index contributed by atoms with van der Waals surface area (Å²) in [5.74, 6) is 0.0400. The fourth-order valence-corrected chi connectivity index (χ4v) is 7.98. The van der Waals surface area contributed by atoms with Crippen LogP contribution in [0.25, 0.3) is 11.3 Å². The largest absolute Gasteiger partial charge is 0.444 e. The van der Waals surface area contributed by atoms with E-state index in [2.05, 4.69) is 16.3 Å². The van der Waals surface area contributed by atoms with Crippen molar-refractivity contribution in [3.05, 3.63) is 63.5 Å². The Morgan fingerprint density at radius 3 is 2.58 bits per heavy atom. The number of hydrogen-bond acceptors (Lipinski definition) is 8. The molecule has 2 fully saturated rings. The van der Waals surface area contributed by atoms with E-state index in [0.29, 0.717) is 16.6 Å².